The number of methoxy groups -OCH3 is 2. The van der Waals surface area contributed by atoms with Crippen LogP contribution in [0.25, 0.3) is 21.6 Å². The second-order valence-corrected chi connectivity index (χ2v) is 6.29. The molecule has 132 valence electrons. The van der Waals surface area contributed by atoms with E-state index in [0.29, 0.717) is 33.4 Å². The molecular formula is C17H14N4O4S. The summed E-state index contributed by atoms with van der Waals surface area (Å²) in [5.41, 5.74) is 0.582. The van der Waals surface area contributed by atoms with Gasteiger partial charge in [-0.15, -0.1) is 11.3 Å². The second kappa shape index (κ2) is 6.60. The van der Waals surface area contributed by atoms with Crippen molar-refractivity contribution < 1.29 is 14.0 Å². The van der Waals surface area contributed by atoms with Gasteiger partial charge in [0, 0.05) is 5.56 Å². The molecule has 0 radical (unpaired) electrons. The van der Waals surface area contributed by atoms with Crippen molar-refractivity contribution in [2.45, 2.75) is 6.54 Å². The third-order valence-electron chi connectivity index (χ3n) is 3.87. The lowest BCUT2D eigenvalue weighted by molar-refractivity contribution is 0.355. The van der Waals surface area contributed by atoms with E-state index in [1.807, 2.05) is 5.38 Å². The minimum Gasteiger partial charge on any atom is -0.493 e. The quantitative estimate of drug-likeness (QED) is 0.533. The van der Waals surface area contributed by atoms with Gasteiger partial charge in [0.05, 0.1) is 25.9 Å². The molecule has 0 saturated heterocycles. The average molecular weight is 370 g/mol. The summed E-state index contributed by atoms with van der Waals surface area (Å²) in [4.78, 5) is 21.8. The number of benzene rings is 1. The average Bonchev–Trinajstić information content (AvgIpc) is 3.33. The fourth-order valence-corrected chi connectivity index (χ4v) is 3.29. The number of hydrogen-bond acceptors (Lipinski definition) is 8. The lowest BCUT2D eigenvalue weighted by Gasteiger charge is -2.07. The predicted octanol–water partition coefficient (Wildman–Crippen LogP) is 2.57. The standard InChI is InChI=1S/C17H14N4O4S/c1-23-12-4-3-10(7-13(12)24-2)15-19-14(25-20-15)8-21-9-18-16-11(17(21)22)5-6-26-16/h3-7,9H,8H2,1-2H3. The molecule has 0 atom stereocenters. The first kappa shape index (κ1) is 16.3. The summed E-state index contributed by atoms with van der Waals surface area (Å²) >= 11 is 1.43. The van der Waals surface area contributed by atoms with Crippen molar-refractivity contribution in [3.63, 3.8) is 0 Å². The SMILES string of the molecule is COc1ccc(-c2noc(Cn3cnc4sccc4c3=O)n2)cc1OC. The Morgan fingerprint density at radius 2 is 2.04 bits per heavy atom. The highest BCUT2D eigenvalue weighted by atomic mass is 32.1. The molecule has 26 heavy (non-hydrogen) atoms. The molecule has 1 aromatic carbocycles. The summed E-state index contributed by atoms with van der Waals surface area (Å²) in [5.74, 6) is 1.90. The molecule has 0 spiro atoms. The van der Waals surface area contributed by atoms with Crippen LogP contribution < -0.4 is 15.0 Å². The number of rotatable bonds is 5. The largest absolute Gasteiger partial charge is 0.493 e. The molecule has 9 heteroatoms. The highest BCUT2D eigenvalue weighted by molar-refractivity contribution is 7.16. The Bertz CT molecular complexity index is 1130. The summed E-state index contributed by atoms with van der Waals surface area (Å²) in [6, 6.07) is 7.09. The lowest BCUT2D eigenvalue weighted by Crippen LogP contribution is -2.20. The molecule has 0 saturated carbocycles. The number of fused-ring (bicyclic) bond motifs is 1. The van der Waals surface area contributed by atoms with E-state index in [1.165, 1.54) is 22.2 Å². The number of nitrogens with zero attached hydrogens (tertiary/aromatic N) is 4. The highest BCUT2D eigenvalue weighted by Crippen LogP contribution is 2.31. The smallest absolute Gasteiger partial charge is 0.262 e. The van der Waals surface area contributed by atoms with E-state index in [-0.39, 0.29) is 12.1 Å². The Morgan fingerprint density at radius 3 is 2.85 bits per heavy atom. The van der Waals surface area contributed by atoms with E-state index in [0.717, 1.165) is 5.56 Å². The van der Waals surface area contributed by atoms with Crippen LogP contribution in [0.4, 0.5) is 0 Å². The molecule has 0 bridgehead atoms. The van der Waals surface area contributed by atoms with Crippen LogP contribution in [0.15, 0.2) is 45.3 Å². The molecule has 0 amide bonds. The third-order valence-corrected chi connectivity index (χ3v) is 4.69. The molecular weight excluding hydrogens is 356 g/mol. The molecule has 4 aromatic rings. The number of aromatic nitrogens is 4. The van der Waals surface area contributed by atoms with Gasteiger partial charge < -0.3 is 14.0 Å². The first-order valence-corrected chi connectivity index (χ1v) is 8.55. The maximum atomic E-state index is 12.4. The van der Waals surface area contributed by atoms with Crippen LogP contribution in [0.5, 0.6) is 11.5 Å². The van der Waals surface area contributed by atoms with E-state index < -0.39 is 0 Å². The molecule has 3 aromatic heterocycles. The normalized spacial score (nSPS) is 11.0. The van der Waals surface area contributed by atoms with Crippen molar-refractivity contribution in [3.8, 4) is 22.9 Å². The van der Waals surface area contributed by atoms with Gasteiger partial charge in [0.15, 0.2) is 11.5 Å². The number of thiophene rings is 1. The van der Waals surface area contributed by atoms with Crippen LogP contribution in [-0.4, -0.2) is 33.9 Å². The fraction of sp³-hybridized carbons (Fsp3) is 0.176. The Morgan fingerprint density at radius 1 is 1.19 bits per heavy atom. The topological polar surface area (TPSA) is 92.3 Å². The van der Waals surface area contributed by atoms with E-state index in [4.69, 9.17) is 14.0 Å². The Kier molecular flexibility index (Phi) is 4.13. The number of ether oxygens (including phenoxy) is 2. The lowest BCUT2D eigenvalue weighted by atomic mass is 10.2. The second-order valence-electron chi connectivity index (χ2n) is 5.40. The van der Waals surface area contributed by atoms with Gasteiger partial charge in [-0.25, -0.2) is 4.98 Å². The molecule has 0 unspecified atom stereocenters. The van der Waals surface area contributed by atoms with Gasteiger partial charge in [0.25, 0.3) is 5.56 Å². The predicted molar refractivity (Wildman–Crippen MR) is 95.8 cm³/mol. The first-order valence-electron chi connectivity index (χ1n) is 7.67. The highest BCUT2D eigenvalue weighted by Gasteiger charge is 2.14. The summed E-state index contributed by atoms with van der Waals surface area (Å²) in [6.07, 6.45) is 1.49. The Hall–Kier alpha value is -3.20. The fourth-order valence-electron chi connectivity index (χ4n) is 2.56. The van der Waals surface area contributed by atoms with E-state index >= 15 is 0 Å². The van der Waals surface area contributed by atoms with Crippen molar-refractivity contribution >= 4 is 21.6 Å². The van der Waals surface area contributed by atoms with Gasteiger partial charge in [-0.1, -0.05) is 5.16 Å². The van der Waals surface area contributed by atoms with Crippen LogP contribution in [0.2, 0.25) is 0 Å². The molecule has 3 heterocycles. The van der Waals surface area contributed by atoms with Crippen molar-refractivity contribution in [2.75, 3.05) is 14.2 Å². The van der Waals surface area contributed by atoms with E-state index in [9.17, 15) is 4.79 Å². The van der Waals surface area contributed by atoms with Gasteiger partial charge in [-0.2, -0.15) is 4.98 Å². The zero-order valence-electron chi connectivity index (χ0n) is 14.0. The van der Waals surface area contributed by atoms with Crippen LogP contribution in [0.3, 0.4) is 0 Å². The minimum atomic E-state index is -0.137. The van der Waals surface area contributed by atoms with Gasteiger partial charge in [-0.3, -0.25) is 9.36 Å². The van der Waals surface area contributed by atoms with Gasteiger partial charge in [-0.05, 0) is 29.6 Å². The van der Waals surface area contributed by atoms with Crippen LogP contribution in [-0.2, 0) is 6.54 Å². The molecule has 4 rings (SSSR count). The monoisotopic (exact) mass is 370 g/mol. The minimum absolute atomic E-state index is 0.137. The molecule has 0 aliphatic rings. The van der Waals surface area contributed by atoms with E-state index in [2.05, 4.69) is 15.1 Å². The summed E-state index contributed by atoms with van der Waals surface area (Å²) in [5, 5.41) is 6.40. The zero-order chi connectivity index (χ0) is 18.1. The van der Waals surface area contributed by atoms with Crippen LogP contribution in [0.1, 0.15) is 5.89 Å². The maximum Gasteiger partial charge on any atom is 0.262 e. The maximum absolute atomic E-state index is 12.4. The Balaban J connectivity index is 1.63. The molecule has 0 aliphatic heterocycles. The first-order chi connectivity index (χ1) is 12.7. The van der Waals surface area contributed by atoms with Crippen LogP contribution >= 0.6 is 11.3 Å². The molecule has 8 nitrogen and oxygen atoms in total. The van der Waals surface area contributed by atoms with E-state index in [1.54, 1.807) is 38.5 Å². The van der Waals surface area contributed by atoms with Crippen molar-refractivity contribution in [1.82, 2.24) is 19.7 Å². The molecule has 0 aliphatic carbocycles. The van der Waals surface area contributed by atoms with Gasteiger partial charge in [0.1, 0.15) is 11.4 Å². The summed E-state index contributed by atoms with van der Waals surface area (Å²) < 4.78 is 17.2. The van der Waals surface area contributed by atoms with Crippen molar-refractivity contribution in [3.05, 3.63) is 52.2 Å². The van der Waals surface area contributed by atoms with Gasteiger partial charge >= 0.3 is 0 Å². The molecule has 0 N–H and O–H groups in total. The summed E-state index contributed by atoms with van der Waals surface area (Å²) in [6.45, 7) is 0.151. The van der Waals surface area contributed by atoms with Gasteiger partial charge in [0.2, 0.25) is 11.7 Å². The Labute approximate surface area is 151 Å². The van der Waals surface area contributed by atoms with Crippen LogP contribution in [0, 0.1) is 0 Å². The van der Waals surface area contributed by atoms with Crippen molar-refractivity contribution in [1.29, 1.82) is 0 Å². The molecule has 0 fully saturated rings. The summed E-state index contributed by atoms with van der Waals surface area (Å²) in [7, 11) is 3.13. The number of hydrogen-bond donors (Lipinski definition) is 0. The van der Waals surface area contributed by atoms with Crippen molar-refractivity contribution in [2.24, 2.45) is 0 Å². The third kappa shape index (κ3) is 2.82. The zero-order valence-corrected chi connectivity index (χ0v) is 14.8.